The number of nitrogens with one attached hydrogen (secondary N) is 1. The number of rotatable bonds is 8. The normalized spacial score (nSPS) is 21.7. The Morgan fingerprint density at radius 3 is 2.62 bits per heavy atom. The Balaban J connectivity index is 1.30. The van der Waals surface area contributed by atoms with Crippen LogP contribution in [0.5, 0.6) is 5.75 Å². The lowest BCUT2D eigenvalue weighted by molar-refractivity contribution is 0.0696. The molecule has 0 bridgehead atoms. The fraction of sp³-hybridized carbons (Fsp3) is 0.469. The van der Waals surface area contributed by atoms with Gasteiger partial charge in [-0.05, 0) is 101 Å². The van der Waals surface area contributed by atoms with E-state index < -0.39 is 5.54 Å². The molecule has 0 saturated carbocycles. The van der Waals surface area contributed by atoms with Gasteiger partial charge < -0.3 is 24.8 Å². The van der Waals surface area contributed by atoms with E-state index in [1.165, 1.54) is 12.8 Å². The summed E-state index contributed by atoms with van der Waals surface area (Å²) < 4.78 is 5.67. The maximum absolute atomic E-state index is 13.3. The smallest absolute Gasteiger partial charge is 0.256 e. The summed E-state index contributed by atoms with van der Waals surface area (Å²) in [6.45, 7) is 4.36. The van der Waals surface area contributed by atoms with Crippen LogP contribution in [0.4, 0.5) is 11.4 Å². The zero-order valence-corrected chi connectivity index (χ0v) is 24.4. The Hall–Kier alpha value is -3.65. The number of carbonyl (C=O) groups excluding carboxylic acids is 2. The zero-order chi connectivity index (χ0) is 28.4. The number of piperidine rings is 1. The molecule has 212 valence electrons. The monoisotopic (exact) mass is 543 g/mol. The molecule has 3 aliphatic rings. The van der Waals surface area contributed by atoms with E-state index in [9.17, 15) is 9.59 Å². The third-order valence-electron chi connectivity index (χ3n) is 8.90. The number of hydrogen-bond acceptors (Lipinski definition) is 7. The van der Waals surface area contributed by atoms with Crippen molar-refractivity contribution in [2.75, 3.05) is 51.6 Å². The number of fused-ring (bicyclic) bond motifs is 2. The molecule has 1 saturated heterocycles. The summed E-state index contributed by atoms with van der Waals surface area (Å²) in [6.07, 6.45) is 7.67. The standard InChI is InChI=1S/C32H41N5O3/c1-32-18-15-29(34-31(32)36(3)26-11-7-6-10-24(26)30(39)37(32)4)33-25-14-13-23(21-28(25)40-5)27(38)12-8-9-22-16-19-35(2)20-17-22/h6-7,10-11,13-15,21-22,33H,8-9,12,16-20H2,1-5H3. The van der Waals surface area contributed by atoms with Crippen molar-refractivity contribution >= 4 is 28.9 Å². The van der Waals surface area contributed by atoms with Gasteiger partial charge in [-0.25, -0.2) is 4.99 Å². The number of amides is 1. The second-order valence-electron chi connectivity index (χ2n) is 11.5. The summed E-state index contributed by atoms with van der Waals surface area (Å²) >= 11 is 0. The second kappa shape index (κ2) is 11.5. The molecule has 1 N–H and O–H groups in total. The Kier molecular flexibility index (Phi) is 7.99. The fourth-order valence-corrected chi connectivity index (χ4v) is 6.09. The maximum atomic E-state index is 13.3. The second-order valence-corrected chi connectivity index (χ2v) is 11.5. The summed E-state index contributed by atoms with van der Waals surface area (Å²) in [5.41, 5.74) is 2.31. The highest BCUT2D eigenvalue weighted by Gasteiger charge is 2.45. The van der Waals surface area contributed by atoms with Crippen molar-refractivity contribution in [3.63, 3.8) is 0 Å². The Morgan fingerprint density at radius 2 is 1.88 bits per heavy atom. The molecule has 8 nitrogen and oxygen atoms in total. The number of amidine groups is 1. The van der Waals surface area contributed by atoms with Gasteiger partial charge in [0.15, 0.2) is 5.78 Å². The van der Waals surface area contributed by atoms with Gasteiger partial charge in [-0.2, -0.15) is 0 Å². The topological polar surface area (TPSA) is 77.5 Å². The molecule has 0 radical (unpaired) electrons. The Bertz CT molecular complexity index is 1340. The summed E-state index contributed by atoms with van der Waals surface area (Å²) in [5, 5.41) is 3.40. The minimum absolute atomic E-state index is 0.0202. The minimum Gasteiger partial charge on any atom is -0.495 e. The van der Waals surface area contributed by atoms with Gasteiger partial charge in [0.25, 0.3) is 5.91 Å². The van der Waals surface area contributed by atoms with Crippen LogP contribution in [-0.4, -0.2) is 74.2 Å². The molecule has 1 amide bonds. The van der Waals surface area contributed by atoms with E-state index in [-0.39, 0.29) is 11.7 Å². The van der Waals surface area contributed by atoms with Gasteiger partial charge in [-0.15, -0.1) is 0 Å². The highest BCUT2D eigenvalue weighted by atomic mass is 16.5. The van der Waals surface area contributed by atoms with E-state index in [0.29, 0.717) is 35.5 Å². The number of nitrogens with zero attached hydrogens (tertiary/aromatic N) is 4. The molecule has 2 aromatic rings. The van der Waals surface area contributed by atoms with Crippen molar-refractivity contribution in [2.24, 2.45) is 10.9 Å². The number of ether oxygens (including phenoxy) is 1. The Morgan fingerprint density at radius 1 is 1.12 bits per heavy atom. The number of ketones is 1. The quantitative estimate of drug-likeness (QED) is 0.448. The van der Waals surface area contributed by atoms with Crippen molar-refractivity contribution in [3.8, 4) is 5.75 Å². The molecule has 1 fully saturated rings. The predicted octanol–water partition coefficient (Wildman–Crippen LogP) is 5.43. The van der Waals surface area contributed by atoms with Crippen molar-refractivity contribution in [1.82, 2.24) is 9.80 Å². The maximum Gasteiger partial charge on any atom is 0.256 e. The number of aliphatic imine (C=N–C) groups is 1. The first-order valence-electron chi connectivity index (χ1n) is 14.3. The number of Topliss-reactive ketones (excluding diaryl/α,β-unsaturated/α-hetero) is 1. The first-order valence-corrected chi connectivity index (χ1v) is 14.3. The van der Waals surface area contributed by atoms with Crippen LogP contribution in [0.15, 0.2) is 59.4 Å². The molecular weight excluding hydrogens is 502 g/mol. The average molecular weight is 544 g/mol. The van der Waals surface area contributed by atoms with Crippen LogP contribution in [0, 0.1) is 5.92 Å². The van der Waals surface area contributed by atoms with E-state index in [1.54, 1.807) is 12.0 Å². The fourth-order valence-electron chi connectivity index (χ4n) is 6.09. The minimum atomic E-state index is -0.593. The highest BCUT2D eigenvalue weighted by molar-refractivity contribution is 6.15. The van der Waals surface area contributed by atoms with Crippen molar-refractivity contribution in [3.05, 3.63) is 65.5 Å². The lowest BCUT2D eigenvalue weighted by Gasteiger charge is -2.41. The van der Waals surface area contributed by atoms with Crippen LogP contribution in [0.25, 0.3) is 0 Å². The number of carbonyl (C=O) groups is 2. The summed E-state index contributed by atoms with van der Waals surface area (Å²) in [5.74, 6) is 2.92. The highest BCUT2D eigenvalue weighted by Crippen LogP contribution is 2.37. The summed E-state index contributed by atoms with van der Waals surface area (Å²) in [6, 6.07) is 13.2. The number of methoxy groups -OCH3 is 1. The summed E-state index contributed by atoms with van der Waals surface area (Å²) in [7, 11) is 7.59. The van der Waals surface area contributed by atoms with Gasteiger partial charge in [0.2, 0.25) is 0 Å². The number of para-hydroxylation sites is 1. The van der Waals surface area contributed by atoms with Gasteiger partial charge in [-0.3, -0.25) is 9.59 Å². The van der Waals surface area contributed by atoms with Crippen LogP contribution in [0.3, 0.4) is 0 Å². The van der Waals surface area contributed by atoms with Gasteiger partial charge in [-0.1, -0.05) is 12.1 Å². The molecule has 5 rings (SSSR count). The molecule has 0 aromatic heterocycles. The molecule has 3 heterocycles. The molecule has 3 aliphatic heterocycles. The van der Waals surface area contributed by atoms with E-state index in [0.717, 1.165) is 49.1 Å². The first-order chi connectivity index (χ1) is 19.2. The number of hydrogen-bond donors (Lipinski definition) is 1. The lowest BCUT2D eigenvalue weighted by atomic mass is 9.91. The molecule has 1 atom stereocenters. The van der Waals surface area contributed by atoms with E-state index in [4.69, 9.17) is 9.73 Å². The van der Waals surface area contributed by atoms with Crippen molar-refractivity contribution < 1.29 is 14.3 Å². The van der Waals surface area contributed by atoms with Crippen LogP contribution in [0.2, 0.25) is 0 Å². The van der Waals surface area contributed by atoms with Gasteiger partial charge >= 0.3 is 0 Å². The van der Waals surface area contributed by atoms with Crippen LogP contribution >= 0.6 is 0 Å². The van der Waals surface area contributed by atoms with E-state index in [1.807, 2.05) is 74.5 Å². The SMILES string of the molecule is COc1cc(C(=O)CCCC2CCN(C)CC2)ccc1NC1=CCC2(C)C(=N1)N(C)c1ccccc1C(=O)N2C. The van der Waals surface area contributed by atoms with E-state index in [2.05, 4.69) is 17.3 Å². The molecule has 1 unspecified atom stereocenters. The van der Waals surface area contributed by atoms with Crippen molar-refractivity contribution in [2.45, 2.75) is 51.0 Å². The largest absolute Gasteiger partial charge is 0.495 e. The number of likely N-dealkylation sites (tertiary alicyclic amines) is 1. The van der Waals surface area contributed by atoms with Crippen LogP contribution < -0.4 is 15.0 Å². The van der Waals surface area contributed by atoms with Gasteiger partial charge in [0, 0.05) is 26.1 Å². The molecule has 40 heavy (non-hydrogen) atoms. The third kappa shape index (κ3) is 5.37. The molecule has 0 aliphatic carbocycles. The number of anilines is 2. The molecule has 8 heteroatoms. The van der Waals surface area contributed by atoms with Crippen molar-refractivity contribution in [1.29, 1.82) is 0 Å². The van der Waals surface area contributed by atoms with E-state index >= 15 is 0 Å². The summed E-state index contributed by atoms with van der Waals surface area (Å²) in [4.78, 5) is 37.4. The van der Waals surface area contributed by atoms with Gasteiger partial charge in [0.05, 0.1) is 24.0 Å². The first kappa shape index (κ1) is 27.9. The Labute approximate surface area is 237 Å². The number of benzene rings is 2. The zero-order valence-electron chi connectivity index (χ0n) is 24.4. The molecule has 2 aromatic carbocycles. The average Bonchev–Trinajstić information content (AvgIpc) is 3.03. The molecular formula is C32H41N5O3. The third-order valence-corrected chi connectivity index (χ3v) is 8.90. The lowest BCUT2D eigenvalue weighted by Crippen LogP contribution is -2.56. The van der Waals surface area contributed by atoms with Crippen LogP contribution in [-0.2, 0) is 0 Å². The van der Waals surface area contributed by atoms with Crippen LogP contribution in [0.1, 0.15) is 66.2 Å². The molecule has 0 spiro atoms. The predicted molar refractivity (Wildman–Crippen MR) is 160 cm³/mol. The number of likely N-dealkylation sites (N-methyl/N-ethyl adjacent to an activating group) is 2. The van der Waals surface area contributed by atoms with Gasteiger partial charge in [0.1, 0.15) is 22.9 Å².